The van der Waals surface area contributed by atoms with Gasteiger partial charge in [0.15, 0.2) is 0 Å². The lowest BCUT2D eigenvalue weighted by Gasteiger charge is -1.99. The van der Waals surface area contributed by atoms with Crippen LogP contribution >= 0.6 is 23.3 Å². The molecule has 1 aromatic heterocycles. The van der Waals surface area contributed by atoms with Gasteiger partial charge in [0, 0.05) is 0 Å². The van der Waals surface area contributed by atoms with Gasteiger partial charge >= 0.3 is 6.61 Å². The van der Waals surface area contributed by atoms with Crippen molar-refractivity contribution < 1.29 is 13.5 Å². The smallest absolute Gasteiger partial charge is 0.388 e. The van der Waals surface area contributed by atoms with Crippen LogP contribution in [0.15, 0.2) is 4.21 Å². The minimum absolute atomic E-state index is 0.0992. The van der Waals surface area contributed by atoms with E-state index in [9.17, 15) is 8.78 Å². The SMILES string of the molecule is CCSc1snc(OC(F)F)c1C#N. The van der Waals surface area contributed by atoms with E-state index in [0.29, 0.717) is 4.21 Å². The molecule has 0 N–H and O–H groups in total. The number of nitrogens with zero attached hydrogens (tertiary/aromatic N) is 2. The molecule has 76 valence electrons. The fraction of sp³-hybridized carbons (Fsp3) is 0.429. The summed E-state index contributed by atoms with van der Waals surface area (Å²) in [6.07, 6.45) is 0. The third-order valence-corrected chi connectivity index (χ3v) is 3.18. The molecule has 0 fully saturated rings. The van der Waals surface area contributed by atoms with Crippen LogP contribution in [0.1, 0.15) is 12.5 Å². The molecule has 0 aliphatic rings. The molecule has 0 saturated heterocycles. The van der Waals surface area contributed by atoms with Gasteiger partial charge in [-0.05, 0) is 17.3 Å². The number of aromatic nitrogens is 1. The van der Waals surface area contributed by atoms with Crippen LogP contribution in [-0.2, 0) is 0 Å². The van der Waals surface area contributed by atoms with E-state index >= 15 is 0 Å². The Bertz CT molecular complexity index is 348. The zero-order valence-corrected chi connectivity index (χ0v) is 8.79. The number of halogens is 2. The first-order chi connectivity index (χ1) is 6.69. The summed E-state index contributed by atoms with van der Waals surface area (Å²) in [5.74, 6) is 0.480. The van der Waals surface area contributed by atoms with Crippen molar-refractivity contribution in [2.24, 2.45) is 0 Å². The summed E-state index contributed by atoms with van der Waals surface area (Å²) in [5.41, 5.74) is 0.0992. The predicted octanol–water partition coefficient (Wildman–Crippen LogP) is 2.73. The molecule has 0 spiro atoms. The van der Waals surface area contributed by atoms with Crippen molar-refractivity contribution in [2.45, 2.75) is 17.7 Å². The summed E-state index contributed by atoms with van der Waals surface area (Å²) in [6.45, 7) is -1.04. The molecule has 0 saturated carbocycles. The zero-order chi connectivity index (χ0) is 10.6. The lowest BCUT2D eigenvalue weighted by atomic mass is 10.4. The molecule has 7 heteroatoms. The van der Waals surface area contributed by atoms with Crippen LogP contribution in [0.5, 0.6) is 5.88 Å². The van der Waals surface area contributed by atoms with Gasteiger partial charge in [-0.15, -0.1) is 11.8 Å². The molecule has 0 atom stereocenters. The first-order valence-corrected chi connectivity index (χ1v) is 5.42. The molecule has 0 aliphatic heterocycles. The standard InChI is InChI=1S/C7H6F2N2OS2/c1-2-13-6-4(3-10)5(11-14-6)12-7(8)9/h7H,2H2,1H3. The van der Waals surface area contributed by atoms with E-state index in [1.165, 1.54) is 11.8 Å². The number of thioether (sulfide) groups is 1. The maximum Gasteiger partial charge on any atom is 0.388 e. The van der Waals surface area contributed by atoms with Crippen LogP contribution in [0.2, 0.25) is 0 Å². The number of hydrogen-bond donors (Lipinski definition) is 0. The minimum Gasteiger partial charge on any atom is -0.414 e. The van der Waals surface area contributed by atoms with Crippen molar-refractivity contribution in [3.8, 4) is 11.9 Å². The molecule has 0 bridgehead atoms. The highest BCUT2D eigenvalue weighted by Gasteiger charge is 2.17. The molecular formula is C7H6F2N2OS2. The number of ether oxygens (including phenoxy) is 1. The van der Waals surface area contributed by atoms with Crippen LogP contribution in [0, 0.1) is 11.3 Å². The van der Waals surface area contributed by atoms with E-state index < -0.39 is 6.61 Å². The van der Waals surface area contributed by atoms with Crippen LogP contribution < -0.4 is 4.74 Å². The molecule has 0 aromatic carbocycles. The highest BCUT2D eigenvalue weighted by atomic mass is 32.2. The van der Waals surface area contributed by atoms with Gasteiger partial charge in [0.1, 0.15) is 15.8 Å². The summed E-state index contributed by atoms with van der Waals surface area (Å²) >= 11 is 2.38. The topological polar surface area (TPSA) is 45.9 Å². The van der Waals surface area contributed by atoms with Crippen molar-refractivity contribution in [3.05, 3.63) is 5.56 Å². The fourth-order valence-corrected chi connectivity index (χ4v) is 2.49. The van der Waals surface area contributed by atoms with Gasteiger partial charge in [0.05, 0.1) is 0 Å². The Morgan fingerprint density at radius 3 is 2.93 bits per heavy atom. The molecule has 1 aromatic rings. The zero-order valence-electron chi connectivity index (χ0n) is 7.16. The first-order valence-electron chi connectivity index (χ1n) is 3.66. The monoisotopic (exact) mass is 236 g/mol. The second-order valence-electron chi connectivity index (χ2n) is 2.07. The van der Waals surface area contributed by atoms with Crippen molar-refractivity contribution in [3.63, 3.8) is 0 Å². The van der Waals surface area contributed by atoms with Crippen molar-refractivity contribution >= 4 is 23.3 Å². The molecule has 0 aliphatic carbocycles. The lowest BCUT2D eigenvalue weighted by molar-refractivity contribution is -0.0524. The Morgan fingerprint density at radius 1 is 1.71 bits per heavy atom. The van der Waals surface area contributed by atoms with E-state index in [-0.39, 0.29) is 11.4 Å². The maximum atomic E-state index is 11.9. The van der Waals surface area contributed by atoms with Crippen LogP contribution in [0.25, 0.3) is 0 Å². The molecule has 14 heavy (non-hydrogen) atoms. The Labute approximate surface area is 87.9 Å². The molecule has 3 nitrogen and oxygen atoms in total. The number of alkyl halides is 2. The van der Waals surface area contributed by atoms with E-state index in [4.69, 9.17) is 5.26 Å². The Kier molecular flexibility index (Phi) is 4.10. The summed E-state index contributed by atoms with van der Waals surface area (Å²) < 4.78 is 32.1. The van der Waals surface area contributed by atoms with Crippen molar-refractivity contribution in [1.82, 2.24) is 4.37 Å². The summed E-state index contributed by atoms with van der Waals surface area (Å²) in [4.78, 5) is 0. The average Bonchev–Trinajstić information content (AvgIpc) is 2.47. The van der Waals surface area contributed by atoms with E-state index in [2.05, 4.69) is 9.11 Å². The quantitative estimate of drug-likeness (QED) is 0.754. The van der Waals surface area contributed by atoms with Crippen molar-refractivity contribution in [2.75, 3.05) is 5.75 Å². The Hall–Kier alpha value is -0.870. The molecule has 0 radical (unpaired) electrons. The summed E-state index contributed by atoms with van der Waals surface area (Å²) in [5, 5.41) is 8.71. The molecule has 0 amide bonds. The second kappa shape index (κ2) is 5.12. The van der Waals surface area contributed by atoms with Gasteiger partial charge in [-0.25, -0.2) is 0 Å². The number of rotatable bonds is 4. The highest BCUT2D eigenvalue weighted by Crippen LogP contribution is 2.33. The maximum absolute atomic E-state index is 11.9. The molecule has 1 heterocycles. The average molecular weight is 236 g/mol. The second-order valence-corrected chi connectivity index (χ2v) is 4.38. The molecular weight excluding hydrogens is 230 g/mol. The number of nitriles is 1. The largest absolute Gasteiger partial charge is 0.414 e. The van der Waals surface area contributed by atoms with Gasteiger partial charge < -0.3 is 4.74 Å². The van der Waals surface area contributed by atoms with Crippen LogP contribution in [0.4, 0.5) is 8.78 Å². The first kappa shape index (κ1) is 11.2. The third kappa shape index (κ3) is 2.56. The Morgan fingerprint density at radius 2 is 2.43 bits per heavy atom. The van der Waals surface area contributed by atoms with E-state index in [1.54, 1.807) is 6.07 Å². The Balaban J connectivity index is 2.91. The van der Waals surface area contributed by atoms with Gasteiger partial charge in [0.2, 0.25) is 5.88 Å². The molecule has 1 rings (SSSR count). The van der Waals surface area contributed by atoms with Gasteiger partial charge in [-0.3, -0.25) is 0 Å². The summed E-state index contributed by atoms with van der Waals surface area (Å²) in [6, 6.07) is 1.80. The lowest BCUT2D eigenvalue weighted by Crippen LogP contribution is -2.03. The van der Waals surface area contributed by atoms with Crippen LogP contribution in [0.3, 0.4) is 0 Å². The summed E-state index contributed by atoms with van der Waals surface area (Å²) in [7, 11) is 0. The molecule has 0 unspecified atom stereocenters. The third-order valence-electron chi connectivity index (χ3n) is 1.22. The highest BCUT2D eigenvalue weighted by molar-refractivity contribution is 8.01. The predicted molar refractivity (Wildman–Crippen MR) is 49.9 cm³/mol. The van der Waals surface area contributed by atoms with Gasteiger partial charge in [-0.2, -0.15) is 18.4 Å². The van der Waals surface area contributed by atoms with E-state index in [0.717, 1.165) is 17.3 Å². The van der Waals surface area contributed by atoms with Crippen molar-refractivity contribution in [1.29, 1.82) is 5.26 Å². The minimum atomic E-state index is -2.94. The van der Waals surface area contributed by atoms with Gasteiger partial charge in [-0.1, -0.05) is 6.92 Å². The number of hydrogen-bond acceptors (Lipinski definition) is 5. The fourth-order valence-electron chi connectivity index (χ4n) is 0.749. The van der Waals surface area contributed by atoms with Gasteiger partial charge in [0.25, 0.3) is 0 Å². The van der Waals surface area contributed by atoms with E-state index in [1.807, 2.05) is 6.92 Å². The normalized spacial score (nSPS) is 10.2. The van der Waals surface area contributed by atoms with Crippen LogP contribution in [-0.4, -0.2) is 16.7 Å².